The first-order valence-corrected chi connectivity index (χ1v) is 10.4. The highest BCUT2D eigenvalue weighted by Gasteiger charge is 2.59. The maximum atomic E-state index is 5.90. The van der Waals surface area contributed by atoms with E-state index in [0.717, 1.165) is 44.5 Å². The molecule has 7 heteroatoms. The van der Waals surface area contributed by atoms with Crippen LogP contribution in [0, 0.1) is 11.3 Å². The van der Waals surface area contributed by atoms with Gasteiger partial charge in [0.15, 0.2) is 5.96 Å². The van der Waals surface area contributed by atoms with E-state index in [2.05, 4.69) is 58.4 Å². The molecule has 2 saturated heterocycles. The summed E-state index contributed by atoms with van der Waals surface area (Å²) < 4.78 is 11.5. The normalized spacial score (nSPS) is 31.9. The molecule has 0 aromatic carbocycles. The molecule has 1 saturated carbocycles. The molecule has 4 atom stereocenters. The van der Waals surface area contributed by atoms with Gasteiger partial charge in [-0.2, -0.15) is 0 Å². The van der Waals surface area contributed by atoms with E-state index in [0.29, 0.717) is 24.6 Å². The van der Waals surface area contributed by atoms with Crippen LogP contribution in [-0.2, 0) is 16.0 Å². The monoisotopic (exact) mass is 387 g/mol. The van der Waals surface area contributed by atoms with Crippen molar-refractivity contribution in [3.8, 4) is 0 Å². The topological polar surface area (TPSA) is 71.0 Å². The van der Waals surface area contributed by atoms with E-state index < -0.39 is 0 Å². The lowest BCUT2D eigenvalue weighted by atomic mass is 9.57. The minimum absolute atomic E-state index is 0.135. The maximum Gasteiger partial charge on any atom is 0.191 e. The molecule has 1 aromatic heterocycles. The number of nitrogens with one attached hydrogen (secondary N) is 2. The molecule has 1 aromatic rings. The molecular weight excluding hydrogens is 354 g/mol. The maximum absolute atomic E-state index is 5.90. The second-order valence-electron chi connectivity index (χ2n) is 8.76. The van der Waals surface area contributed by atoms with Gasteiger partial charge in [0.2, 0.25) is 0 Å². The van der Waals surface area contributed by atoms with Gasteiger partial charge in [-0.3, -0.25) is 4.99 Å². The van der Waals surface area contributed by atoms with E-state index in [-0.39, 0.29) is 11.5 Å². The van der Waals surface area contributed by atoms with Crippen molar-refractivity contribution < 1.29 is 9.47 Å². The Morgan fingerprint density at radius 3 is 3.00 bits per heavy atom. The largest absolute Gasteiger partial charge is 0.377 e. The van der Waals surface area contributed by atoms with Crippen LogP contribution in [0.2, 0.25) is 0 Å². The summed E-state index contributed by atoms with van der Waals surface area (Å²) in [5.74, 6) is 2.45. The molecule has 3 fully saturated rings. The summed E-state index contributed by atoms with van der Waals surface area (Å²) in [6.45, 7) is 10.8. The highest BCUT2D eigenvalue weighted by Crippen LogP contribution is 2.52. The van der Waals surface area contributed by atoms with E-state index in [9.17, 15) is 0 Å². The molecule has 2 aliphatic heterocycles. The molecule has 0 amide bonds. The van der Waals surface area contributed by atoms with Crippen LogP contribution in [0.15, 0.2) is 23.3 Å². The number of rotatable bonds is 4. The first kappa shape index (κ1) is 19.5. The quantitative estimate of drug-likeness (QED) is 0.606. The van der Waals surface area contributed by atoms with Crippen LogP contribution in [0.1, 0.15) is 32.8 Å². The van der Waals surface area contributed by atoms with Crippen LogP contribution in [0.3, 0.4) is 0 Å². The number of nitrogens with zero attached hydrogens (tertiary/aromatic N) is 3. The highest BCUT2D eigenvalue weighted by atomic mass is 16.5. The van der Waals surface area contributed by atoms with E-state index >= 15 is 0 Å². The molecule has 4 rings (SSSR count). The smallest absolute Gasteiger partial charge is 0.191 e. The fourth-order valence-corrected chi connectivity index (χ4v) is 4.91. The van der Waals surface area contributed by atoms with Gasteiger partial charge in [-0.05, 0) is 31.0 Å². The number of hydrogen-bond donors (Lipinski definition) is 2. The Hall–Kier alpha value is -1.86. The summed E-state index contributed by atoms with van der Waals surface area (Å²) in [4.78, 5) is 11.3. The van der Waals surface area contributed by atoms with Crippen LogP contribution in [0.5, 0.6) is 0 Å². The summed E-state index contributed by atoms with van der Waals surface area (Å²) in [5.41, 5.74) is 1.33. The number of ether oxygens (including phenoxy) is 2. The van der Waals surface area contributed by atoms with E-state index in [1.165, 1.54) is 5.56 Å². The zero-order valence-electron chi connectivity index (χ0n) is 17.4. The molecule has 0 spiro atoms. The molecule has 4 unspecified atom stereocenters. The average Bonchev–Trinajstić information content (AvgIpc) is 3.15. The molecule has 28 heavy (non-hydrogen) atoms. The van der Waals surface area contributed by atoms with Crippen molar-refractivity contribution in [1.29, 1.82) is 0 Å². The average molecular weight is 388 g/mol. The lowest BCUT2D eigenvalue weighted by molar-refractivity contribution is -0.106. The molecule has 1 aliphatic carbocycles. The second kappa shape index (κ2) is 7.87. The van der Waals surface area contributed by atoms with Gasteiger partial charge in [0.1, 0.15) is 5.82 Å². The Morgan fingerprint density at radius 2 is 2.21 bits per heavy atom. The van der Waals surface area contributed by atoms with Crippen LogP contribution < -0.4 is 15.5 Å². The fourth-order valence-electron chi connectivity index (χ4n) is 4.91. The summed E-state index contributed by atoms with van der Waals surface area (Å²) in [6, 6.07) is 4.61. The summed E-state index contributed by atoms with van der Waals surface area (Å²) in [6.07, 6.45) is 3.64. The Balaban J connectivity index is 1.35. The Kier molecular flexibility index (Phi) is 5.47. The number of guanidine groups is 1. The lowest BCUT2D eigenvalue weighted by Gasteiger charge is -2.54. The van der Waals surface area contributed by atoms with Crippen LogP contribution in [0.25, 0.3) is 0 Å². The predicted octanol–water partition coefficient (Wildman–Crippen LogP) is 1.79. The van der Waals surface area contributed by atoms with Crippen molar-refractivity contribution >= 4 is 11.8 Å². The number of hydrogen-bond acceptors (Lipinski definition) is 5. The third-order valence-corrected chi connectivity index (χ3v) is 6.45. The first-order chi connectivity index (χ1) is 13.5. The van der Waals surface area contributed by atoms with Gasteiger partial charge in [-0.1, -0.05) is 13.8 Å². The van der Waals surface area contributed by atoms with E-state index in [1.807, 2.05) is 13.2 Å². The van der Waals surface area contributed by atoms with Gasteiger partial charge in [0, 0.05) is 56.9 Å². The second-order valence-corrected chi connectivity index (χ2v) is 8.76. The lowest BCUT2D eigenvalue weighted by Crippen LogP contribution is -2.67. The van der Waals surface area contributed by atoms with Crippen LogP contribution >= 0.6 is 0 Å². The number of fused-ring (bicyclic) bond motifs is 1. The fraction of sp³-hybridized carbons (Fsp3) is 0.714. The molecule has 3 aliphatic rings. The van der Waals surface area contributed by atoms with Crippen molar-refractivity contribution in [3.63, 3.8) is 0 Å². The SMILES string of the molecule is CN=C(NCc1ccnc(N2CCOC(C)C2)c1)NC1C2CCOC2C1(C)C. The van der Waals surface area contributed by atoms with Gasteiger partial charge < -0.3 is 25.0 Å². The molecule has 0 bridgehead atoms. The Labute approximate surface area is 167 Å². The van der Waals surface area contributed by atoms with Gasteiger partial charge in [0.25, 0.3) is 0 Å². The minimum atomic E-state index is 0.135. The summed E-state index contributed by atoms with van der Waals surface area (Å²) >= 11 is 0. The van der Waals surface area contributed by atoms with E-state index in [1.54, 1.807) is 0 Å². The van der Waals surface area contributed by atoms with E-state index in [4.69, 9.17) is 9.47 Å². The van der Waals surface area contributed by atoms with Crippen molar-refractivity contribution in [3.05, 3.63) is 23.9 Å². The molecule has 3 heterocycles. The third kappa shape index (κ3) is 3.70. The number of morpholine rings is 1. The van der Waals surface area contributed by atoms with Crippen molar-refractivity contribution in [2.45, 2.75) is 52.0 Å². The molecular formula is C21H33N5O2. The number of aliphatic imine (C=N–C) groups is 1. The van der Waals surface area contributed by atoms with Gasteiger partial charge in [-0.25, -0.2) is 4.98 Å². The minimum Gasteiger partial charge on any atom is -0.377 e. The van der Waals surface area contributed by atoms with Crippen LogP contribution in [-0.4, -0.2) is 62.5 Å². The molecule has 0 radical (unpaired) electrons. The van der Waals surface area contributed by atoms with Gasteiger partial charge in [-0.15, -0.1) is 0 Å². The third-order valence-electron chi connectivity index (χ3n) is 6.45. The molecule has 154 valence electrons. The Bertz CT molecular complexity index is 723. The van der Waals surface area contributed by atoms with Crippen molar-refractivity contribution in [2.75, 3.05) is 38.3 Å². The zero-order valence-corrected chi connectivity index (χ0v) is 17.4. The first-order valence-electron chi connectivity index (χ1n) is 10.4. The highest BCUT2D eigenvalue weighted by molar-refractivity contribution is 5.80. The van der Waals surface area contributed by atoms with Crippen molar-refractivity contribution in [2.24, 2.45) is 16.3 Å². The zero-order chi connectivity index (χ0) is 19.7. The number of pyridine rings is 1. The van der Waals surface area contributed by atoms with Crippen LogP contribution in [0.4, 0.5) is 5.82 Å². The van der Waals surface area contributed by atoms with Gasteiger partial charge >= 0.3 is 0 Å². The van der Waals surface area contributed by atoms with Crippen molar-refractivity contribution in [1.82, 2.24) is 15.6 Å². The number of anilines is 1. The summed E-state index contributed by atoms with van der Waals surface area (Å²) in [5, 5.41) is 7.10. The summed E-state index contributed by atoms with van der Waals surface area (Å²) in [7, 11) is 1.83. The molecule has 2 N–H and O–H groups in total. The Morgan fingerprint density at radius 1 is 1.36 bits per heavy atom. The number of aromatic nitrogens is 1. The van der Waals surface area contributed by atoms with Gasteiger partial charge in [0.05, 0.1) is 18.8 Å². The predicted molar refractivity (Wildman–Crippen MR) is 111 cm³/mol. The standard InChI is InChI=1S/C21H33N5O2/c1-14-13-26(8-10-27-14)17-11-15(5-7-23-17)12-24-20(22-4)25-18-16-6-9-28-19(16)21(18,2)3/h5,7,11,14,16,18-19H,6,8-10,12-13H2,1-4H3,(H2,22,24,25). The molecule has 7 nitrogen and oxygen atoms in total.